The fourth-order valence-corrected chi connectivity index (χ4v) is 5.81. The van der Waals surface area contributed by atoms with E-state index in [2.05, 4.69) is 5.32 Å². The first-order valence-corrected chi connectivity index (χ1v) is 15.2. The van der Waals surface area contributed by atoms with Gasteiger partial charge < -0.3 is 15.0 Å². The molecule has 3 aromatic carbocycles. The van der Waals surface area contributed by atoms with Crippen molar-refractivity contribution in [1.29, 1.82) is 0 Å². The molecule has 0 aliphatic heterocycles. The molecule has 8 nitrogen and oxygen atoms in total. The number of sulfonamides is 1. The monoisotopic (exact) mass is 599 g/mol. The number of nitrogens with one attached hydrogen (secondary N) is 1. The summed E-state index contributed by atoms with van der Waals surface area (Å²) >= 11 is 6.09. The number of hydrogen-bond donors (Lipinski definition) is 1. The first-order chi connectivity index (χ1) is 19.2. The van der Waals surface area contributed by atoms with Gasteiger partial charge in [-0.15, -0.1) is 0 Å². The van der Waals surface area contributed by atoms with Gasteiger partial charge in [-0.05, 0) is 88.2 Å². The number of aryl methyl sites for hydroxylation is 1. The number of carbonyl (C=O) groups is 2. The minimum atomic E-state index is -4.19. The fraction of sp³-hybridized carbons (Fsp3) is 0.355. The average Bonchev–Trinajstić information content (AvgIpc) is 2.92. The third-order valence-corrected chi connectivity index (χ3v) is 8.44. The summed E-state index contributed by atoms with van der Waals surface area (Å²) in [5.74, 6) is -0.331. The van der Waals surface area contributed by atoms with Gasteiger partial charge in [-0.3, -0.25) is 13.9 Å². The number of nitrogens with zero attached hydrogens (tertiary/aromatic N) is 2. The molecule has 0 radical (unpaired) electrons. The van der Waals surface area contributed by atoms with Crippen molar-refractivity contribution in [3.8, 4) is 5.75 Å². The largest absolute Gasteiger partial charge is 0.497 e. The highest BCUT2D eigenvalue weighted by atomic mass is 35.5. The molecule has 0 bridgehead atoms. The number of benzene rings is 3. The standard InChI is InChI=1S/C31H38ClN3O5S/c1-7-28(30(37)33-31(3,4)5)34(20-23-10-8-22(2)9-11-23)29(36)21-35(25-14-12-24(32)13-15-25)41(38,39)27-18-16-26(40-6)17-19-27/h8-19,28H,7,20-21H2,1-6H3,(H,33,37). The zero-order chi connectivity index (χ0) is 30.4. The Balaban J connectivity index is 2.06. The van der Waals surface area contributed by atoms with E-state index in [0.29, 0.717) is 17.2 Å². The van der Waals surface area contributed by atoms with E-state index in [9.17, 15) is 18.0 Å². The van der Waals surface area contributed by atoms with Crippen molar-refractivity contribution in [3.63, 3.8) is 0 Å². The first-order valence-electron chi connectivity index (χ1n) is 13.3. The van der Waals surface area contributed by atoms with Crippen LogP contribution >= 0.6 is 11.6 Å². The lowest BCUT2D eigenvalue weighted by Crippen LogP contribution is -2.55. The molecule has 0 heterocycles. The molecule has 0 aliphatic carbocycles. The van der Waals surface area contributed by atoms with E-state index in [4.69, 9.17) is 16.3 Å². The number of halogens is 1. The molecule has 1 unspecified atom stereocenters. The Morgan fingerprint density at radius 2 is 1.54 bits per heavy atom. The maximum atomic E-state index is 14.1. The van der Waals surface area contributed by atoms with Crippen LogP contribution in [0.25, 0.3) is 0 Å². The number of amides is 2. The Kier molecular flexibility index (Phi) is 10.4. The first kappa shape index (κ1) is 32.0. The van der Waals surface area contributed by atoms with E-state index in [1.807, 2.05) is 58.9 Å². The maximum Gasteiger partial charge on any atom is 0.264 e. The SMILES string of the molecule is CCC(C(=O)NC(C)(C)C)N(Cc1ccc(C)cc1)C(=O)CN(c1ccc(Cl)cc1)S(=O)(=O)c1ccc(OC)cc1. The Morgan fingerprint density at radius 3 is 2.05 bits per heavy atom. The van der Waals surface area contributed by atoms with Crippen LogP contribution in [0.2, 0.25) is 5.02 Å². The molecule has 0 saturated carbocycles. The second-order valence-electron chi connectivity index (χ2n) is 10.8. The number of carbonyl (C=O) groups excluding carboxylic acids is 2. The molecule has 0 saturated heterocycles. The van der Waals surface area contributed by atoms with Gasteiger partial charge in [-0.2, -0.15) is 0 Å². The van der Waals surface area contributed by atoms with Gasteiger partial charge in [-0.1, -0.05) is 48.4 Å². The Bertz CT molecular complexity index is 1440. The number of ether oxygens (including phenoxy) is 1. The Hall–Kier alpha value is -3.56. The second kappa shape index (κ2) is 13.4. The smallest absolute Gasteiger partial charge is 0.264 e. The number of hydrogen-bond acceptors (Lipinski definition) is 5. The van der Waals surface area contributed by atoms with Crippen LogP contribution in [0.15, 0.2) is 77.7 Å². The van der Waals surface area contributed by atoms with Gasteiger partial charge in [0.1, 0.15) is 18.3 Å². The van der Waals surface area contributed by atoms with Crippen molar-refractivity contribution in [2.45, 2.75) is 64.1 Å². The molecule has 220 valence electrons. The number of methoxy groups -OCH3 is 1. The summed E-state index contributed by atoms with van der Waals surface area (Å²) in [6, 6.07) is 19.0. The van der Waals surface area contributed by atoms with Crippen LogP contribution in [0.3, 0.4) is 0 Å². The zero-order valence-corrected chi connectivity index (χ0v) is 25.9. The van der Waals surface area contributed by atoms with E-state index >= 15 is 0 Å². The van der Waals surface area contributed by atoms with Crippen molar-refractivity contribution in [2.75, 3.05) is 18.0 Å². The fourth-order valence-electron chi connectivity index (χ4n) is 4.27. The van der Waals surface area contributed by atoms with Gasteiger partial charge in [0.05, 0.1) is 17.7 Å². The molecule has 2 amide bonds. The summed E-state index contributed by atoms with van der Waals surface area (Å²) in [7, 11) is -2.70. The zero-order valence-electron chi connectivity index (χ0n) is 24.3. The molecule has 41 heavy (non-hydrogen) atoms. The summed E-state index contributed by atoms with van der Waals surface area (Å²) in [5.41, 5.74) is 1.63. The highest BCUT2D eigenvalue weighted by Crippen LogP contribution is 2.27. The molecule has 3 aromatic rings. The Morgan fingerprint density at radius 1 is 0.951 bits per heavy atom. The number of anilines is 1. The minimum Gasteiger partial charge on any atom is -0.497 e. The van der Waals surface area contributed by atoms with E-state index in [-0.39, 0.29) is 23.0 Å². The average molecular weight is 600 g/mol. The van der Waals surface area contributed by atoms with Crippen LogP contribution in [-0.2, 0) is 26.2 Å². The summed E-state index contributed by atoms with van der Waals surface area (Å²) in [6.45, 7) is 9.00. The van der Waals surface area contributed by atoms with Gasteiger partial charge in [0, 0.05) is 17.1 Å². The molecule has 10 heteroatoms. The normalized spacial score (nSPS) is 12.4. The highest BCUT2D eigenvalue weighted by molar-refractivity contribution is 7.92. The Labute approximate surface area is 248 Å². The van der Waals surface area contributed by atoms with Crippen molar-refractivity contribution in [1.82, 2.24) is 10.2 Å². The van der Waals surface area contributed by atoms with Crippen molar-refractivity contribution in [2.24, 2.45) is 0 Å². The van der Waals surface area contributed by atoms with Gasteiger partial charge >= 0.3 is 0 Å². The molecule has 0 aliphatic rings. The lowest BCUT2D eigenvalue weighted by molar-refractivity contribution is -0.141. The summed E-state index contributed by atoms with van der Waals surface area (Å²) in [4.78, 5) is 28.9. The quantitative estimate of drug-likeness (QED) is 0.311. The van der Waals surface area contributed by atoms with Crippen LogP contribution in [0, 0.1) is 6.92 Å². The number of rotatable bonds is 11. The predicted octanol–water partition coefficient (Wildman–Crippen LogP) is 5.57. The van der Waals surface area contributed by atoms with E-state index in [1.54, 1.807) is 36.4 Å². The maximum absolute atomic E-state index is 14.1. The summed E-state index contributed by atoms with van der Waals surface area (Å²) in [6.07, 6.45) is 0.339. The van der Waals surface area contributed by atoms with E-state index in [1.165, 1.54) is 24.1 Å². The van der Waals surface area contributed by atoms with Crippen molar-refractivity contribution in [3.05, 3.63) is 88.9 Å². The lowest BCUT2D eigenvalue weighted by Gasteiger charge is -2.34. The van der Waals surface area contributed by atoms with Crippen molar-refractivity contribution < 1.29 is 22.7 Å². The van der Waals surface area contributed by atoms with Crippen LogP contribution in [0.1, 0.15) is 45.2 Å². The van der Waals surface area contributed by atoms with E-state index in [0.717, 1.165) is 15.4 Å². The van der Waals surface area contributed by atoms with Gasteiger partial charge in [0.2, 0.25) is 11.8 Å². The molecule has 1 N–H and O–H groups in total. The molecule has 3 rings (SSSR count). The third kappa shape index (κ3) is 8.47. The van der Waals surface area contributed by atoms with Crippen molar-refractivity contribution >= 4 is 39.1 Å². The molecule has 0 fully saturated rings. The predicted molar refractivity (Wildman–Crippen MR) is 163 cm³/mol. The second-order valence-corrected chi connectivity index (χ2v) is 13.1. The van der Waals surface area contributed by atoms with Gasteiger partial charge in [0.15, 0.2) is 0 Å². The van der Waals surface area contributed by atoms with E-state index < -0.39 is 34.1 Å². The van der Waals surface area contributed by atoms with Crippen LogP contribution in [0.4, 0.5) is 5.69 Å². The third-order valence-electron chi connectivity index (χ3n) is 6.40. The molecular formula is C31H38ClN3O5S. The van der Waals surface area contributed by atoms with Crippen LogP contribution < -0.4 is 14.4 Å². The molecule has 1 atom stereocenters. The summed E-state index contributed by atoms with van der Waals surface area (Å²) < 4.78 is 34.1. The van der Waals surface area contributed by atoms with Gasteiger partial charge in [-0.25, -0.2) is 8.42 Å². The highest BCUT2D eigenvalue weighted by Gasteiger charge is 2.34. The topological polar surface area (TPSA) is 96.0 Å². The van der Waals surface area contributed by atoms with Crippen LogP contribution in [0.5, 0.6) is 5.75 Å². The molecular weight excluding hydrogens is 562 g/mol. The summed E-state index contributed by atoms with van der Waals surface area (Å²) in [5, 5.41) is 3.39. The van der Waals surface area contributed by atoms with Gasteiger partial charge in [0.25, 0.3) is 10.0 Å². The lowest BCUT2D eigenvalue weighted by atomic mass is 10.1. The molecule has 0 aromatic heterocycles. The minimum absolute atomic E-state index is 0.0105. The molecule has 0 spiro atoms. The van der Waals surface area contributed by atoms with Crippen LogP contribution in [-0.4, -0.2) is 50.4 Å².